The number of halogens is 1. The first-order chi connectivity index (χ1) is 19.0. The second kappa shape index (κ2) is 12.4. The monoisotopic (exact) mass is 543 g/mol. The third kappa shape index (κ3) is 6.13. The lowest BCUT2D eigenvalue weighted by Gasteiger charge is -2.41. The highest BCUT2D eigenvalue weighted by Crippen LogP contribution is 2.46. The minimum atomic E-state index is -0.823. The van der Waals surface area contributed by atoms with Gasteiger partial charge in [0, 0.05) is 35.5 Å². The van der Waals surface area contributed by atoms with Crippen LogP contribution in [0.5, 0.6) is 0 Å². The molecule has 0 spiro atoms. The number of Topliss-reactive ketones (excluding diaryl/α,β-unsaturated/α-hetero) is 1. The molecular formula is C32H30ClNO5. The van der Waals surface area contributed by atoms with E-state index in [9.17, 15) is 14.4 Å². The molecule has 4 atom stereocenters. The summed E-state index contributed by atoms with van der Waals surface area (Å²) < 4.78 is 11.2. The number of carbonyl (C=O) groups excluding carboxylic acids is 3. The zero-order valence-corrected chi connectivity index (χ0v) is 22.2. The van der Waals surface area contributed by atoms with Gasteiger partial charge in [-0.1, -0.05) is 84.4 Å². The molecule has 1 aliphatic carbocycles. The molecule has 39 heavy (non-hydrogen) atoms. The molecule has 0 N–H and O–H groups in total. The van der Waals surface area contributed by atoms with Crippen LogP contribution in [-0.2, 0) is 19.1 Å². The van der Waals surface area contributed by atoms with Gasteiger partial charge in [0.25, 0.3) is 0 Å². The SMILES string of the molecule is O=C(COC(=O)C1C(c2ccccc2)C=CC(c2ccccc2)C1C(=O)N1CCOCC1)c1ccc(Cl)cc1. The third-order valence-corrected chi connectivity index (χ3v) is 7.70. The van der Waals surface area contributed by atoms with Gasteiger partial charge in [0.05, 0.1) is 25.0 Å². The molecule has 6 nitrogen and oxygen atoms in total. The van der Waals surface area contributed by atoms with E-state index >= 15 is 0 Å². The minimum absolute atomic E-state index is 0.108. The van der Waals surface area contributed by atoms with E-state index in [1.807, 2.05) is 72.8 Å². The Kier molecular flexibility index (Phi) is 8.54. The lowest BCUT2D eigenvalue weighted by atomic mass is 9.66. The van der Waals surface area contributed by atoms with Gasteiger partial charge in [-0.3, -0.25) is 14.4 Å². The number of hydrogen-bond acceptors (Lipinski definition) is 5. The molecule has 1 amide bonds. The summed E-state index contributed by atoms with van der Waals surface area (Å²) >= 11 is 5.95. The van der Waals surface area contributed by atoms with E-state index in [4.69, 9.17) is 21.1 Å². The van der Waals surface area contributed by atoms with Crippen molar-refractivity contribution in [3.05, 3.63) is 119 Å². The summed E-state index contributed by atoms with van der Waals surface area (Å²) in [4.78, 5) is 42.7. The molecule has 4 unspecified atom stereocenters. The van der Waals surface area contributed by atoms with Gasteiger partial charge in [-0.15, -0.1) is 0 Å². The number of esters is 1. The van der Waals surface area contributed by atoms with Crippen LogP contribution < -0.4 is 0 Å². The Labute approximate surface area is 233 Å². The van der Waals surface area contributed by atoms with E-state index in [-0.39, 0.29) is 23.5 Å². The summed E-state index contributed by atoms with van der Waals surface area (Å²) in [6, 6.07) is 25.8. The molecule has 1 aliphatic heterocycles. The lowest BCUT2D eigenvalue weighted by Crippen LogP contribution is -2.50. The molecule has 0 radical (unpaired) electrons. The van der Waals surface area contributed by atoms with Gasteiger partial charge >= 0.3 is 5.97 Å². The van der Waals surface area contributed by atoms with E-state index in [2.05, 4.69) is 0 Å². The van der Waals surface area contributed by atoms with Crippen molar-refractivity contribution in [3.8, 4) is 0 Å². The summed E-state index contributed by atoms with van der Waals surface area (Å²) in [5.41, 5.74) is 2.26. The standard InChI is InChI=1S/C32H30ClNO5/c33-25-13-11-24(12-14-25)28(35)21-39-32(37)30-27(23-9-5-2-6-10-23)16-15-26(22-7-3-1-4-8-22)29(30)31(36)34-17-19-38-20-18-34/h1-16,26-27,29-30H,17-21H2. The molecule has 3 aromatic carbocycles. The molecule has 7 heteroatoms. The Morgan fingerprint density at radius 3 is 1.87 bits per heavy atom. The Bertz CT molecular complexity index is 1320. The van der Waals surface area contributed by atoms with E-state index in [1.165, 1.54) is 0 Å². The first-order valence-corrected chi connectivity index (χ1v) is 13.5. The van der Waals surface area contributed by atoms with Crippen LogP contribution in [-0.4, -0.2) is 55.5 Å². The smallest absolute Gasteiger partial charge is 0.311 e. The van der Waals surface area contributed by atoms with Gasteiger partial charge in [-0.2, -0.15) is 0 Å². The fourth-order valence-corrected chi connectivity index (χ4v) is 5.59. The Morgan fingerprint density at radius 2 is 1.31 bits per heavy atom. The van der Waals surface area contributed by atoms with Crippen molar-refractivity contribution in [1.29, 1.82) is 0 Å². The van der Waals surface area contributed by atoms with Crippen molar-refractivity contribution in [3.63, 3.8) is 0 Å². The van der Waals surface area contributed by atoms with Crippen LogP contribution in [0.2, 0.25) is 5.02 Å². The molecule has 3 aromatic rings. The van der Waals surface area contributed by atoms with E-state index in [0.717, 1.165) is 11.1 Å². The minimum Gasteiger partial charge on any atom is -0.457 e. The quantitative estimate of drug-likeness (QED) is 0.230. The van der Waals surface area contributed by atoms with Gasteiger partial charge < -0.3 is 14.4 Å². The summed E-state index contributed by atoms with van der Waals surface area (Å²) in [5, 5.41) is 0.514. The van der Waals surface area contributed by atoms with E-state index < -0.39 is 24.4 Å². The molecule has 5 rings (SSSR count). The summed E-state index contributed by atoms with van der Waals surface area (Å²) in [6.45, 7) is 1.42. The second-order valence-electron chi connectivity index (χ2n) is 9.78. The molecule has 0 bridgehead atoms. The number of nitrogens with zero attached hydrogens (tertiary/aromatic N) is 1. The molecule has 200 valence electrons. The van der Waals surface area contributed by atoms with Crippen LogP contribution in [0.1, 0.15) is 33.3 Å². The molecule has 0 aromatic heterocycles. The van der Waals surface area contributed by atoms with Crippen LogP contribution in [0.3, 0.4) is 0 Å². The normalized spacial score (nSPS) is 22.7. The number of hydrogen-bond donors (Lipinski definition) is 0. The van der Waals surface area contributed by atoms with Crippen LogP contribution >= 0.6 is 11.6 Å². The van der Waals surface area contributed by atoms with E-state index in [1.54, 1.807) is 29.2 Å². The third-order valence-electron chi connectivity index (χ3n) is 7.45. The van der Waals surface area contributed by atoms with E-state index in [0.29, 0.717) is 36.9 Å². The highest BCUT2D eigenvalue weighted by atomic mass is 35.5. The number of allylic oxidation sites excluding steroid dienone is 2. The topological polar surface area (TPSA) is 72.9 Å². The Hall–Kier alpha value is -3.74. The molecule has 1 saturated heterocycles. The van der Waals surface area contributed by atoms with Crippen molar-refractivity contribution in [2.45, 2.75) is 11.8 Å². The van der Waals surface area contributed by atoms with Gasteiger partial charge in [-0.05, 0) is 35.4 Å². The predicted octanol–water partition coefficient (Wildman–Crippen LogP) is 5.29. The number of carbonyl (C=O) groups is 3. The summed E-state index contributed by atoms with van der Waals surface area (Å²) in [5.74, 6) is -3.26. The van der Waals surface area contributed by atoms with Gasteiger partial charge in [0.2, 0.25) is 5.91 Å². The average molecular weight is 544 g/mol. The first-order valence-electron chi connectivity index (χ1n) is 13.1. The van der Waals surface area contributed by atoms with Crippen LogP contribution in [0.4, 0.5) is 0 Å². The number of ketones is 1. The predicted molar refractivity (Wildman–Crippen MR) is 149 cm³/mol. The van der Waals surface area contributed by atoms with Gasteiger partial charge in [0.1, 0.15) is 0 Å². The fourth-order valence-electron chi connectivity index (χ4n) is 5.46. The van der Waals surface area contributed by atoms with Gasteiger partial charge in [-0.25, -0.2) is 0 Å². The highest BCUT2D eigenvalue weighted by molar-refractivity contribution is 6.30. The summed E-state index contributed by atoms with van der Waals surface area (Å²) in [6.07, 6.45) is 4.04. The van der Waals surface area contributed by atoms with Crippen LogP contribution in [0.25, 0.3) is 0 Å². The highest BCUT2D eigenvalue weighted by Gasteiger charge is 2.48. The lowest BCUT2D eigenvalue weighted by molar-refractivity contribution is -0.157. The zero-order chi connectivity index (χ0) is 27.2. The maximum Gasteiger partial charge on any atom is 0.311 e. The number of morpholine rings is 1. The maximum absolute atomic E-state index is 14.2. The molecule has 1 heterocycles. The number of ether oxygens (including phenoxy) is 2. The number of rotatable bonds is 7. The van der Waals surface area contributed by atoms with Crippen molar-refractivity contribution in [1.82, 2.24) is 4.90 Å². The van der Waals surface area contributed by atoms with Crippen LogP contribution in [0, 0.1) is 11.8 Å². The van der Waals surface area contributed by atoms with Crippen molar-refractivity contribution in [2.75, 3.05) is 32.9 Å². The second-order valence-corrected chi connectivity index (χ2v) is 10.2. The number of benzene rings is 3. The average Bonchev–Trinajstić information content (AvgIpc) is 3.00. The molecular weight excluding hydrogens is 514 g/mol. The first kappa shape index (κ1) is 26.9. The van der Waals surface area contributed by atoms with Crippen molar-refractivity contribution < 1.29 is 23.9 Å². The zero-order valence-electron chi connectivity index (χ0n) is 21.4. The molecule has 1 fully saturated rings. The summed E-state index contributed by atoms with van der Waals surface area (Å²) in [7, 11) is 0. The van der Waals surface area contributed by atoms with Crippen molar-refractivity contribution >= 4 is 29.3 Å². The molecule has 2 aliphatic rings. The number of amides is 1. The largest absolute Gasteiger partial charge is 0.457 e. The Morgan fingerprint density at radius 1 is 0.769 bits per heavy atom. The maximum atomic E-state index is 14.2. The fraction of sp³-hybridized carbons (Fsp3) is 0.281. The van der Waals surface area contributed by atoms with Crippen LogP contribution in [0.15, 0.2) is 97.1 Å². The van der Waals surface area contributed by atoms with Gasteiger partial charge in [0.15, 0.2) is 12.4 Å². The Balaban J connectivity index is 1.50. The van der Waals surface area contributed by atoms with Crippen molar-refractivity contribution in [2.24, 2.45) is 11.8 Å². The molecule has 0 saturated carbocycles.